The Bertz CT molecular complexity index is 709. The Morgan fingerprint density at radius 1 is 1.37 bits per heavy atom. The van der Waals surface area contributed by atoms with E-state index in [4.69, 9.17) is 9.73 Å². The number of halogens is 1. The number of carbonyl (C=O) groups is 1. The molecule has 0 spiro atoms. The highest BCUT2D eigenvalue weighted by Crippen LogP contribution is 2.16. The van der Waals surface area contributed by atoms with Crippen LogP contribution >= 0.6 is 24.0 Å². The summed E-state index contributed by atoms with van der Waals surface area (Å²) in [6, 6.07) is 0. The third-order valence-corrected chi connectivity index (χ3v) is 5.15. The van der Waals surface area contributed by atoms with Gasteiger partial charge in [-0.3, -0.25) is 19.4 Å². The van der Waals surface area contributed by atoms with E-state index in [9.17, 15) is 4.79 Å². The Kier molecular flexibility index (Phi) is 9.82. The number of morpholine rings is 1. The van der Waals surface area contributed by atoms with E-state index in [-0.39, 0.29) is 36.0 Å². The molecule has 1 aromatic rings. The van der Waals surface area contributed by atoms with Crippen molar-refractivity contribution in [1.82, 2.24) is 24.9 Å². The van der Waals surface area contributed by atoms with Crippen LogP contribution in [-0.4, -0.2) is 96.5 Å². The van der Waals surface area contributed by atoms with Crippen molar-refractivity contribution >= 4 is 41.5 Å². The zero-order valence-corrected chi connectivity index (χ0v) is 20.9. The van der Waals surface area contributed by atoms with E-state index in [0.29, 0.717) is 25.6 Å². The molecule has 3 heterocycles. The standard InChI is InChI=1S/C20H35N7O2.HI/c1-5-21-20(22-11-18-14-25(8-9-29-18)12-16(2)3)26-6-7-27(19(28)15-26)17-10-23-24(4)13-17;/h10,13,16,18H,5-9,11-12,14-15H2,1-4H3,(H,21,22);1H. The molecule has 3 rings (SSSR count). The molecular formula is C20H36IN7O2. The largest absolute Gasteiger partial charge is 0.374 e. The molecule has 170 valence electrons. The van der Waals surface area contributed by atoms with Gasteiger partial charge in [-0.1, -0.05) is 13.8 Å². The highest BCUT2D eigenvalue weighted by Gasteiger charge is 2.28. The molecule has 1 amide bonds. The number of hydrogen-bond acceptors (Lipinski definition) is 5. The fourth-order valence-electron chi connectivity index (χ4n) is 3.86. The highest BCUT2D eigenvalue weighted by molar-refractivity contribution is 14.0. The Hall–Kier alpha value is -1.40. The summed E-state index contributed by atoms with van der Waals surface area (Å²) in [5, 5.41) is 7.50. The van der Waals surface area contributed by atoms with Gasteiger partial charge in [-0.15, -0.1) is 24.0 Å². The van der Waals surface area contributed by atoms with Crippen LogP contribution in [0.4, 0.5) is 5.69 Å². The average molecular weight is 533 g/mol. The fraction of sp³-hybridized carbons (Fsp3) is 0.750. The summed E-state index contributed by atoms with van der Waals surface area (Å²) in [4.78, 5) is 23.8. The number of aromatic nitrogens is 2. The Morgan fingerprint density at radius 3 is 2.80 bits per heavy atom. The second-order valence-corrected chi connectivity index (χ2v) is 8.18. The third kappa shape index (κ3) is 6.81. The smallest absolute Gasteiger partial charge is 0.246 e. The van der Waals surface area contributed by atoms with Crippen LogP contribution in [0, 0.1) is 5.92 Å². The first kappa shape index (κ1) is 24.9. The molecule has 1 atom stereocenters. The molecule has 9 nitrogen and oxygen atoms in total. The SMILES string of the molecule is CCNC(=NCC1CN(CC(C)C)CCO1)N1CCN(c2cnn(C)c2)C(=O)C1.I. The number of guanidine groups is 1. The minimum Gasteiger partial charge on any atom is -0.374 e. The number of rotatable bonds is 6. The molecule has 1 N–H and O–H groups in total. The summed E-state index contributed by atoms with van der Waals surface area (Å²) in [5.41, 5.74) is 0.847. The van der Waals surface area contributed by atoms with Crippen molar-refractivity contribution in [2.45, 2.75) is 26.9 Å². The molecule has 2 saturated heterocycles. The summed E-state index contributed by atoms with van der Waals surface area (Å²) in [5.74, 6) is 1.50. The lowest BCUT2D eigenvalue weighted by atomic mass is 10.2. The minimum atomic E-state index is 0. The maximum Gasteiger partial charge on any atom is 0.246 e. The topological polar surface area (TPSA) is 78.2 Å². The first-order valence-electron chi connectivity index (χ1n) is 10.6. The van der Waals surface area contributed by atoms with Crippen molar-refractivity contribution in [3.8, 4) is 0 Å². The molecule has 2 aliphatic heterocycles. The minimum absolute atomic E-state index is 0. The summed E-state index contributed by atoms with van der Waals surface area (Å²) < 4.78 is 7.64. The van der Waals surface area contributed by atoms with Gasteiger partial charge in [-0.05, 0) is 12.8 Å². The summed E-state index contributed by atoms with van der Waals surface area (Å²) in [7, 11) is 1.86. The van der Waals surface area contributed by atoms with Crippen molar-refractivity contribution in [2.24, 2.45) is 18.0 Å². The number of carbonyl (C=O) groups excluding carboxylic acids is 1. The monoisotopic (exact) mass is 533 g/mol. The van der Waals surface area contributed by atoms with Gasteiger partial charge in [0.15, 0.2) is 5.96 Å². The predicted molar refractivity (Wildman–Crippen MR) is 130 cm³/mol. The van der Waals surface area contributed by atoms with Crippen molar-refractivity contribution in [2.75, 3.05) is 63.9 Å². The molecule has 0 saturated carbocycles. The number of piperazine rings is 1. The lowest BCUT2D eigenvalue weighted by molar-refractivity contribution is -0.120. The Morgan fingerprint density at radius 2 is 2.17 bits per heavy atom. The Balaban J connectivity index is 0.00000320. The molecule has 0 aliphatic carbocycles. The summed E-state index contributed by atoms with van der Waals surface area (Å²) >= 11 is 0. The van der Waals surface area contributed by atoms with Gasteiger partial charge in [0.25, 0.3) is 0 Å². The quantitative estimate of drug-likeness (QED) is 0.334. The number of nitrogens with one attached hydrogen (secondary N) is 1. The van der Waals surface area contributed by atoms with Gasteiger partial charge in [0, 0.05) is 52.5 Å². The molecule has 1 unspecified atom stereocenters. The fourth-order valence-corrected chi connectivity index (χ4v) is 3.86. The molecule has 0 bridgehead atoms. The predicted octanol–water partition coefficient (Wildman–Crippen LogP) is 1.01. The van der Waals surface area contributed by atoms with E-state index in [2.05, 4.69) is 29.2 Å². The molecule has 30 heavy (non-hydrogen) atoms. The van der Waals surface area contributed by atoms with Crippen LogP contribution in [0.3, 0.4) is 0 Å². The Labute approximate surface area is 196 Å². The number of ether oxygens (including phenoxy) is 1. The third-order valence-electron chi connectivity index (χ3n) is 5.15. The van der Waals surface area contributed by atoms with Crippen molar-refractivity contribution in [3.63, 3.8) is 0 Å². The molecule has 0 aromatic carbocycles. The normalized spacial score (nSPS) is 21.2. The molecule has 0 radical (unpaired) electrons. The van der Waals surface area contributed by atoms with E-state index in [1.165, 1.54) is 0 Å². The van der Waals surface area contributed by atoms with Gasteiger partial charge in [0.05, 0.1) is 31.1 Å². The average Bonchev–Trinajstić information content (AvgIpc) is 3.11. The summed E-state index contributed by atoms with van der Waals surface area (Å²) in [6.07, 6.45) is 3.70. The number of amides is 1. The second kappa shape index (κ2) is 11.8. The van der Waals surface area contributed by atoms with Crippen LogP contribution in [0.15, 0.2) is 17.4 Å². The summed E-state index contributed by atoms with van der Waals surface area (Å²) in [6.45, 7) is 13.3. The first-order chi connectivity index (χ1) is 14.0. The van der Waals surface area contributed by atoms with Gasteiger partial charge < -0.3 is 19.9 Å². The molecule has 1 aromatic heterocycles. The lowest BCUT2D eigenvalue weighted by Gasteiger charge is -2.36. The lowest BCUT2D eigenvalue weighted by Crippen LogP contribution is -2.55. The van der Waals surface area contributed by atoms with Gasteiger partial charge in [0.1, 0.15) is 6.54 Å². The van der Waals surface area contributed by atoms with E-state index in [1.807, 2.05) is 25.1 Å². The molecular weight excluding hydrogens is 497 g/mol. The highest BCUT2D eigenvalue weighted by atomic mass is 127. The molecule has 10 heteroatoms. The van der Waals surface area contributed by atoms with Gasteiger partial charge in [0.2, 0.25) is 5.91 Å². The maximum atomic E-state index is 12.7. The van der Waals surface area contributed by atoms with Crippen LogP contribution in [0.25, 0.3) is 0 Å². The van der Waals surface area contributed by atoms with Crippen LogP contribution in [0.1, 0.15) is 20.8 Å². The zero-order chi connectivity index (χ0) is 20.8. The maximum absolute atomic E-state index is 12.7. The van der Waals surface area contributed by atoms with E-state index in [1.54, 1.807) is 15.8 Å². The number of hydrogen-bond donors (Lipinski definition) is 1. The number of anilines is 1. The van der Waals surface area contributed by atoms with Crippen molar-refractivity contribution in [1.29, 1.82) is 0 Å². The van der Waals surface area contributed by atoms with Crippen LogP contribution < -0.4 is 10.2 Å². The zero-order valence-electron chi connectivity index (χ0n) is 18.6. The van der Waals surface area contributed by atoms with Gasteiger partial charge >= 0.3 is 0 Å². The number of nitrogens with zero attached hydrogens (tertiary/aromatic N) is 6. The number of aryl methyl sites for hydroxylation is 1. The van der Waals surface area contributed by atoms with E-state index < -0.39 is 0 Å². The number of aliphatic imine (C=N–C) groups is 1. The van der Waals surface area contributed by atoms with Crippen molar-refractivity contribution in [3.05, 3.63) is 12.4 Å². The first-order valence-corrected chi connectivity index (χ1v) is 10.6. The van der Waals surface area contributed by atoms with Crippen molar-refractivity contribution < 1.29 is 9.53 Å². The van der Waals surface area contributed by atoms with Crippen LogP contribution in [0.5, 0.6) is 0 Å². The van der Waals surface area contributed by atoms with Gasteiger partial charge in [-0.2, -0.15) is 5.10 Å². The van der Waals surface area contributed by atoms with E-state index >= 15 is 0 Å². The van der Waals surface area contributed by atoms with Crippen LogP contribution in [-0.2, 0) is 16.6 Å². The van der Waals surface area contributed by atoms with E-state index in [0.717, 1.165) is 51.0 Å². The molecule has 2 aliphatic rings. The van der Waals surface area contributed by atoms with Crippen LogP contribution in [0.2, 0.25) is 0 Å². The second-order valence-electron chi connectivity index (χ2n) is 8.18. The van der Waals surface area contributed by atoms with Gasteiger partial charge in [-0.25, -0.2) is 0 Å². The molecule has 2 fully saturated rings.